The fraction of sp³-hybridized carbons (Fsp3) is 0.278. The molecule has 2 aromatic heterocycles. The summed E-state index contributed by atoms with van der Waals surface area (Å²) in [6.07, 6.45) is -0.00772. The van der Waals surface area contributed by atoms with Gasteiger partial charge in [-0.25, -0.2) is 0 Å². The number of nitrogens with zero attached hydrogens (tertiary/aromatic N) is 2. The Morgan fingerprint density at radius 1 is 1.32 bits per heavy atom. The summed E-state index contributed by atoms with van der Waals surface area (Å²) in [4.78, 5) is 17.5. The summed E-state index contributed by atoms with van der Waals surface area (Å²) < 4.78 is 10.9. The van der Waals surface area contributed by atoms with E-state index in [4.69, 9.17) is 9.26 Å². The Labute approximate surface area is 149 Å². The number of rotatable bonds is 7. The molecule has 0 aliphatic carbocycles. The highest BCUT2D eigenvalue weighted by Gasteiger charge is 2.19. The molecule has 2 heterocycles. The molecular formula is C18H19N3O3S. The van der Waals surface area contributed by atoms with Crippen molar-refractivity contribution < 1.29 is 14.1 Å². The lowest BCUT2D eigenvalue weighted by molar-refractivity contribution is -0.128. The van der Waals surface area contributed by atoms with Gasteiger partial charge in [0.1, 0.15) is 5.75 Å². The lowest BCUT2D eigenvalue weighted by Gasteiger charge is -2.16. The third kappa shape index (κ3) is 4.45. The Kier molecular flexibility index (Phi) is 5.45. The van der Waals surface area contributed by atoms with Crippen molar-refractivity contribution in [2.75, 3.05) is 0 Å². The maximum absolute atomic E-state index is 12.3. The lowest BCUT2D eigenvalue weighted by atomic mass is 10.2. The third-order valence-electron chi connectivity index (χ3n) is 3.59. The summed E-state index contributed by atoms with van der Waals surface area (Å²) in [7, 11) is 0. The number of carbonyl (C=O) groups is 1. The highest BCUT2D eigenvalue weighted by Crippen LogP contribution is 2.21. The van der Waals surface area contributed by atoms with Crippen molar-refractivity contribution in [1.29, 1.82) is 0 Å². The van der Waals surface area contributed by atoms with Crippen LogP contribution in [0.4, 0.5) is 0 Å². The van der Waals surface area contributed by atoms with Crippen molar-refractivity contribution in [3.05, 3.63) is 53.2 Å². The minimum atomic E-state index is -0.567. The van der Waals surface area contributed by atoms with Crippen LogP contribution in [0.25, 0.3) is 10.7 Å². The summed E-state index contributed by atoms with van der Waals surface area (Å²) in [5, 5.41) is 8.65. The minimum Gasteiger partial charge on any atom is -0.481 e. The van der Waals surface area contributed by atoms with Gasteiger partial charge in [0.25, 0.3) is 5.91 Å². The van der Waals surface area contributed by atoms with E-state index in [2.05, 4.69) is 15.5 Å². The van der Waals surface area contributed by atoms with Gasteiger partial charge in [0, 0.05) is 0 Å². The van der Waals surface area contributed by atoms with Crippen LogP contribution in [0.1, 0.15) is 24.8 Å². The van der Waals surface area contributed by atoms with Crippen LogP contribution in [-0.2, 0) is 11.3 Å². The Balaban J connectivity index is 1.56. The molecule has 0 fully saturated rings. The zero-order chi connectivity index (χ0) is 17.6. The number of carbonyl (C=O) groups excluding carboxylic acids is 1. The Morgan fingerprint density at radius 2 is 2.12 bits per heavy atom. The van der Waals surface area contributed by atoms with Gasteiger partial charge in [-0.05, 0) is 36.9 Å². The summed E-state index contributed by atoms with van der Waals surface area (Å²) >= 11 is 1.53. The van der Waals surface area contributed by atoms with Gasteiger partial charge in [-0.3, -0.25) is 4.79 Å². The van der Waals surface area contributed by atoms with E-state index >= 15 is 0 Å². The number of thiophene rings is 1. The van der Waals surface area contributed by atoms with Crippen molar-refractivity contribution in [2.24, 2.45) is 0 Å². The van der Waals surface area contributed by atoms with E-state index in [1.54, 1.807) is 0 Å². The van der Waals surface area contributed by atoms with Crippen molar-refractivity contribution in [2.45, 2.75) is 32.9 Å². The van der Waals surface area contributed by atoms with Gasteiger partial charge in [-0.2, -0.15) is 4.98 Å². The highest BCUT2D eigenvalue weighted by molar-refractivity contribution is 7.13. The van der Waals surface area contributed by atoms with Gasteiger partial charge in [0.05, 0.1) is 11.4 Å². The topological polar surface area (TPSA) is 77.2 Å². The first kappa shape index (κ1) is 17.2. The van der Waals surface area contributed by atoms with Crippen LogP contribution < -0.4 is 10.1 Å². The average molecular weight is 357 g/mol. The van der Waals surface area contributed by atoms with E-state index in [9.17, 15) is 4.79 Å². The van der Waals surface area contributed by atoms with Gasteiger partial charge in [0.15, 0.2) is 6.10 Å². The number of nitrogens with one attached hydrogen (secondary N) is 1. The molecule has 1 amide bonds. The van der Waals surface area contributed by atoms with Crippen molar-refractivity contribution in [1.82, 2.24) is 15.5 Å². The Bertz CT molecular complexity index is 812. The lowest BCUT2D eigenvalue weighted by Crippen LogP contribution is -2.37. The van der Waals surface area contributed by atoms with Crippen molar-refractivity contribution >= 4 is 17.2 Å². The first-order chi connectivity index (χ1) is 12.2. The van der Waals surface area contributed by atoms with Gasteiger partial charge in [-0.1, -0.05) is 35.8 Å². The monoisotopic (exact) mass is 357 g/mol. The third-order valence-corrected chi connectivity index (χ3v) is 4.45. The fourth-order valence-electron chi connectivity index (χ4n) is 2.21. The standard InChI is InChI=1S/C18H19N3O3S/c1-3-14(23-13-8-6-12(2)7-9-13)18(22)19-11-16-20-17(21-24-16)15-5-4-10-25-15/h4-10,14H,3,11H2,1-2H3,(H,19,22). The van der Waals surface area contributed by atoms with E-state index < -0.39 is 6.10 Å². The van der Waals surface area contributed by atoms with E-state index in [-0.39, 0.29) is 12.5 Å². The molecular weight excluding hydrogens is 338 g/mol. The molecule has 3 rings (SSSR count). The summed E-state index contributed by atoms with van der Waals surface area (Å²) in [5.41, 5.74) is 1.14. The Morgan fingerprint density at radius 3 is 2.80 bits per heavy atom. The second-order valence-corrected chi connectivity index (χ2v) is 6.48. The number of ether oxygens (including phenoxy) is 1. The number of hydrogen-bond donors (Lipinski definition) is 1. The van der Waals surface area contributed by atoms with E-state index in [0.717, 1.165) is 10.4 Å². The van der Waals surface area contributed by atoms with Gasteiger partial charge in [0.2, 0.25) is 11.7 Å². The zero-order valence-electron chi connectivity index (χ0n) is 14.1. The normalized spacial score (nSPS) is 11.9. The van der Waals surface area contributed by atoms with Crippen LogP contribution in [-0.4, -0.2) is 22.2 Å². The van der Waals surface area contributed by atoms with E-state index in [1.807, 2.05) is 55.6 Å². The molecule has 1 unspecified atom stereocenters. The molecule has 0 bridgehead atoms. The predicted molar refractivity (Wildman–Crippen MR) is 95.3 cm³/mol. The molecule has 0 aliphatic heterocycles. The quantitative estimate of drug-likeness (QED) is 0.699. The van der Waals surface area contributed by atoms with Gasteiger partial charge >= 0.3 is 0 Å². The van der Waals surface area contributed by atoms with Crippen molar-refractivity contribution in [3.8, 4) is 16.5 Å². The van der Waals surface area contributed by atoms with Crippen LogP contribution in [0.2, 0.25) is 0 Å². The number of amides is 1. The minimum absolute atomic E-state index is 0.172. The summed E-state index contributed by atoms with van der Waals surface area (Å²) in [6, 6.07) is 11.5. The molecule has 1 aromatic carbocycles. The molecule has 3 aromatic rings. The maximum Gasteiger partial charge on any atom is 0.261 e. The molecule has 0 spiro atoms. The van der Waals surface area contributed by atoms with Crippen LogP contribution in [0.15, 0.2) is 46.3 Å². The predicted octanol–water partition coefficient (Wildman–Crippen LogP) is 3.58. The van der Waals surface area contributed by atoms with Gasteiger partial charge < -0.3 is 14.6 Å². The summed E-state index contributed by atoms with van der Waals surface area (Å²) in [6.45, 7) is 4.08. The smallest absolute Gasteiger partial charge is 0.261 e. The zero-order valence-corrected chi connectivity index (χ0v) is 14.9. The molecule has 130 valence electrons. The van der Waals surface area contributed by atoms with E-state index in [0.29, 0.717) is 23.9 Å². The molecule has 1 N–H and O–H groups in total. The highest BCUT2D eigenvalue weighted by atomic mass is 32.1. The molecule has 1 atom stereocenters. The molecule has 0 saturated heterocycles. The number of benzene rings is 1. The molecule has 0 radical (unpaired) electrons. The molecule has 7 heteroatoms. The largest absolute Gasteiger partial charge is 0.481 e. The van der Waals surface area contributed by atoms with E-state index in [1.165, 1.54) is 11.3 Å². The van der Waals surface area contributed by atoms with Crippen LogP contribution in [0.5, 0.6) is 5.75 Å². The Hall–Kier alpha value is -2.67. The number of hydrogen-bond acceptors (Lipinski definition) is 6. The number of aryl methyl sites for hydroxylation is 1. The molecule has 25 heavy (non-hydrogen) atoms. The number of aromatic nitrogens is 2. The summed E-state index contributed by atoms with van der Waals surface area (Å²) in [5.74, 6) is 1.36. The molecule has 0 saturated carbocycles. The SMILES string of the molecule is CCC(Oc1ccc(C)cc1)C(=O)NCc1nc(-c2cccs2)no1. The van der Waals surface area contributed by atoms with Crippen molar-refractivity contribution in [3.63, 3.8) is 0 Å². The van der Waals surface area contributed by atoms with Crippen LogP contribution in [0, 0.1) is 6.92 Å². The second kappa shape index (κ2) is 7.94. The maximum atomic E-state index is 12.3. The first-order valence-electron chi connectivity index (χ1n) is 8.03. The first-order valence-corrected chi connectivity index (χ1v) is 8.91. The van der Waals surface area contributed by atoms with Gasteiger partial charge in [-0.15, -0.1) is 11.3 Å². The van der Waals surface area contributed by atoms with Crippen LogP contribution in [0.3, 0.4) is 0 Å². The molecule has 0 aliphatic rings. The fourth-order valence-corrected chi connectivity index (χ4v) is 2.86. The van der Waals surface area contributed by atoms with Crippen LogP contribution >= 0.6 is 11.3 Å². The molecule has 6 nitrogen and oxygen atoms in total. The second-order valence-electron chi connectivity index (χ2n) is 5.53. The average Bonchev–Trinajstić information content (AvgIpc) is 3.30.